The van der Waals surface area contributed by atoms with Gasteiger partial charge in [0.2, 0.25) is 5.91 Å². The Morgan fingerprint density at radius 3 is 2.60 bits per heavy atom. The van der Waals surface area contributed by atoms with Gasteiger partial charge in [-0.05, 0) is 42.7 Å². The number of benzene rings is 2. The molecule has 0 bridgehead atoms. The summed E-state index contributed by atoms with van der Waals surface area (Å²) in [6, 6.07) is 11.8. The number of methoxy groups -OCH3 is 1. The molecule has 1 atom stereocenters. The molecule has 0 aliphatic rings. The van der Waals surface area contributed by atoms with Crippen LogP contribution in [0.5, 0.6) is 5.75 Å². The van der Waals surface area contributed by atoms with Gasteiger partial charge < -0.3 is 20.0 Å². The van der Waals surface area contributed by atoms with E-state index < -0.39 is 24.2 Å². The Morgan fingerprint density at radius 2 is 1.92 bits per heavy atom. The van der Waals surface area contributed by atoms with E-state index >= 15 is 0 Å². The summed E-state index contributed by atoms with van der Waals surface area (Å²) < 4.78 is 5.25. The van der Waals surface area contributed by atoms with E-state index in [-0.39, 0.29) is 6.42 Å². The van der Waals surface area contributed by atoms with E-state index in [9.17, 15) is 14.7 Å². The second-order valence-corrected chi connectivity index (χ2v) is 6.25. The number of carbonyl (C=O) groups excluding carboxylic acids is 2. The molecule has 7 heteroatoms. The second-order valence-electron chi connectivity index (χ2n) is 5.40. The molecule has 0 spiro atoms. The largest absolute Gasteiger partial charge is 0.550 e. The summed E-state index contributed by atoms with van der Waals surface area (Å²) in [5, 5.41) is 14.4. The van der Waals surface area contributed by atoms with Crippen molar-refractivity contribution in [1.82, 2.24) is 0 Å². The van der Waals surface area contributed by atoms with Crippen molar-refractivity contribution in [3.8, 4) is 5.75 Å². The average molecular weight is 381 g/mol. The van der Waals surface area contributed by atoms with Crippen LogP contribution in [-0.4, -0.2) is 19.0 Å². The first-order chi connectivity index (χ1) is 11.9. The molecule has 0 fully saturated rings. The lowest BCUT2D eigenvalue weighted by atomic mass is 9.94. The monoisotopic (exact) mass is 380 g/mol. The van der Waals surface area contributed by atoms with E-state index in [0.717, 1.165) is 5.56 Å². The van der Waals surface area contributed by atoms with Crippen LogP contribution in [0, 0.1) is 5.92 Å². The van der Waals surface area contributed by atoms with Gasteiger partial charge in [0, 0.05) is 16.9 Å². The molecule has 132 valence electrons. The second kappa shape index (κ2) is 8.74. The SMILES string of the molecule is COc1ccccc1C[C@@H](CC(=O)[O-])C(=O)Nc1cc(Cl)ccc1Cl. The summed E-state index contributed by atoms with van der Waals surface area (Å²) in [6.07, 6.45) is -0.246. The molecule has 2 aromatic rings. The van der Waals surface area contributed by atoms with Gasteiger partial charge in [0.15, 0.2) is 0 Å². The highest BCUT2D eigenvalue weighted by Crippen LogP contribution is 2.27. The molecule has 0 aromatic heterocycles. The topological polar surface area (TPSA) is 78.5 Å². The van der Waals surface area contributed by atoms with Crippen LogP contribution in [0.15, 0.2) is 42.5 Å². The average Bonchev–Trinajstić information content (AvgIpc) is 2.57. The molecule has 2 aromatic carbocycles. The maximum Gasteiger partial charge on any atom is 0.228 e. The highest BCUT2D eigenvalue weighted by Gasteiger charge is 2.22. The molecule has 0 saturated carbocycles. The molecule has 0 heterocycles. The van der Waals surface area contributed by atoms with E-state index in [1.165, 1.54) is 13.2 Å². The zero-order valence-electron chi connectivity index (χ0n) is 13.4. The van der Waals surface area contributed by atoms with Crippen LogP contribution in [0.4, 0.5) is 5.69 Å². The minimum Gasteiger partial charge on any atom is -0.550 e. The number of carbonyl (C=O) groups is 2. The lowest BCUT2D eigenvalue weighted by molar-refractivity contribution is -0.306. The highest BCUT2D eigenvalue weighted by atomic mass is 35.5. The third kappa shape index (κ3) is 5.37. The van der Waals surface area contributed by atoms with E-state index in [4.69, 9.17) is 27.9 Å². The minimum atomic E-state index is -1.31. The fourth-order valence-corrected chi connectivity index (χ4v) is 2.76. The molecule has 0 radical (unpaired) electrons. The van der Waals surface area contributed by atoms with Gasteiger partial charge in [0.05, 0.1) is 17.8 Å². The van der Waals surface area contributed by atoms with E-state index in [0.29, 0.717) is 21.5 Å². The van der Waals surface area contributed by atoms with Gasteiger partial charge in [-0.25, -0.2) is 0 Å². The number of hydrogen-bond acceptors (Lipinski definition) is 4. The Labute approximate surface area is 155 Å². The van der Waals surface area contributed by atoms with Crippen LogP contribution in [0.1, 0.15) is 12.0 Å². The van der Waals surface area contributed by atoms with Gasteiger partial charge in [0.25, 0.3) is 0 Å². The first kappa shape index (κ1) is 19.1. The van der Waals surface area contributed by atoms with Gasteiger partial charge in [0.1, 0.15) is 5.75 Å². The molecule has 0 aliphatic heterocycles. The van der Waals surface area contributed by atoms with Gasteiger partial charge in [-0.2, -0.15) is 0 Å². The molecule has 2 rings (SSSR count). The Bertz CT molecular complexity index is 779. The third-order valence-corrected chi connectivity index (χ3v) is 4.19. The maximum atomic E-state index is 12.6. The minimum absolute atomic E-state index is 0.183. The summed E-state index contributed by atoms with van der Waals surface area (Å²) >= 11 is 11.9. The van der Waals surface area contributed by atoms with Crippen LogP contribution in [-0.2, 0) is 16.0 Å². The number of carboxylic acids is 1. The van der Waals surface area contributed by atoms with Crippen molar-refractivity contribution in [3.63, 3.8) is 0 Å². The van der Waals surface area contributed by atoms with E-state index in [1.807, 2.05) is 0 Å². The first-order valence-electron chi connectivity index (χ1n) is 7.48. The van der Waals surface area contributed by atoms with Crippen molar-refractivity contribution in [1.29, 1.82) is 0 Å². The van der Waals surface area contributed by atoms with Crippen LogP contribution >= 0.6 is 23.2 Å². The third-order valence-electron chi connectivity index (χ3n) is 3.63. The van der Waals surface area contributed by atoms with Crippen molar-refractivity contribution in [2.24, 2.45) is 5.92 Å². The van der Waals surface area contributed by atoms with Crippen LogP contribution in [0.25, 0.3) is 0 Å². The summed E-state index contributed by atoms with van der Waals surface area (Å²) in [5.74, 6) is -2.07. The first-order valence-corrected chi connectivity index (χ1v) is 8.24. The number of rotatable bonds is 7. The molecular formula is C18H16Cl2NO4-. The molecule has 1 amide bonds. The maximum absolute atomic E-state index is 12.6. The van der Waals surface area contributed by atoms with E-state index in [2.05, 4.69) is 5.32 Å². The van der Waals surface area contributed by atoms with Crippen molar-refractivity contribution >= 4 is 40.8 Å². The summed E-state index contributed by atoms with van der Waals surface area (Å²) in [6.45, 7) is 0. The number of para-hydroxylation sites is 1. The zero-order valence-corrected chi connectivity index (χ0v) is 14.9. The number of nitrogens with one attached hydrogen (secondary N) is 1. The van der Waals surface area contributed by atoms with Gasteiger partial charge >= 0.3 is 0 Å². The zero-order chi connectivity index (χ0) is 18.4. The van der Waals surface area contributed by atoms with Gasteiger partial charge in [-0.3, -0.25) is 4.79 Å². The highest BCUT2D eigenvalue weighted by molar-refractivity contribution is 6.35. The predicted molar refractivity (Wildman–Crippen MR) is 94.9 cm³/mol. The molecule has 25 heavy (non-hydrogen) atoms. The van der Waals surface area contributed by atoms with Crippen LogP contribution in [0.3, 0.4) is 0 Å². The van der Waals surface area contributed by atoms with Crippen molar-refractivity contribution < 1.29 is 19.4 Å². The number of halogens is 2. The smallest absolute Gasteiger partial charge is 0.228 e. The standard InChI is InChI=1S/C18H17Cl2NO4/c1-25-16-5-3-2-4-11(16)8-12(9-17(22)23)18(24)21-15-10-13(19)6-7-14(15)20/h2-7,10,12H,8-9H2,1H3,(H,21,24)(H,22,23)/p-1/t12-/m0/s1. The Morgan fingerprint density at radius 1 is 1.20 bits per heavy atom. The van der Waals surface area contributed by atoms with E-state index in [1.54, 1.807) is 36.4 Å². The molecule has 0 unspecified atom stereocenters. The number of carboxylic acid groups (broad SMARTS) is 1. The molecule has 1 N–H and O–H groups in total. The predicted octanol–water partition coefficient (Wildman–Crippen LogP) is 2.94. The number of hydrogen-bond donors (Lipinski definition) is 1. The summed E-state index contributed by atoms with van der Waals surface area (Å²) in [5.41, 5.74) is 1.05. The van der Waals surface area contributed by atoms with Crippen molar-refractivity contribution in [2.45, 2.75) is 12.8 Å². The fraction of sp³-hybridized carbons (Fsp3) is 0.222. The number of anilines is 1. The lowest BCUT2D eigenvalue weighted by Crippen LogP contribution is -2.32. The molecule has 5 nitrogen and oxygen atoms in total. The Balaban J connectivity index is 2.22. The number of amides is 1. The van der Waals surface area contributed by atoms with Crippen molar-refractivity contribution in [2.75, 3.05) is 12.4 Å². The quantitative estimate of drug-likeness (QED) is 0.800. The van der Waals surface area contributed by atoms with Crippen molar-refractivity contribution in [3.05, 3.63) is 58.1 Å². The van der Waals surface area contributed by atoms with Gasteiger partial charge in [-0.1, -0.05) is 41.4 Å². The fourth-order valence-electron chi connectivity index (χ4n) is 2.42. The normalized spacial score (nSPS) is 11.6. The van der Waals surface area contributed by atoms with Gasteiger partial charge in [-0.15, -0.1) is 0 Å². The molecular weight excluding hydrogens is 365 g/mol. The van der Waals surface area contributed by atoms with Crippen LogP contribution < -0.4 is 15.2 Å². The number of aliphatic carboxylic acids is 1. The summed E-state index contributed by atoms with van der Waals surface area (Å²) in [4.78, 5) is 23.6. The number of ether oxygens (including phenoxy) is 1. The molecule has 0 saturated heterocycles. The summed E-state index contributed by atoms with van der Waals surface area (Å²) in [7, 11) is 1.51. The Kier molecular flexibility index (Phi) is 6.67. The molecule has 0 aliphatic carbocycles. The lowest BCUT2D eigenvalue weighted by Gasteiger charge is -2.19. The Hall–Kier alpha value is -2.24. The van der Waals surface area contributed by atoms with Crippen LogP contribution in [0.2, 0.25) is 10.0 Å².